The van der Waals surface area contributed by atoms with Crippen molar-refractivity contribution in [2.45, 2.75) is 13.0 Å². The quantitative estimate of drug-likeness (QED) is 0.726. The summed E-state index contributed by atoms with van der Waals surface area (Å²) in [6, 6.07) is 17.8. The topological polar surface area (TPSA) is 50.8 Å². The molecular weight excluding hydrogens is 286 g/mol. The molecule has 0 fully saturated rings. The van der Waals surface area contributed by atoms with Gasteiger partial charge in [0, 0.05) is 25.4 Å². The molecule has 0 bridgehead atoms. The molecule has 0 amide bonds. The van der Waals surface area contributed by atoms with E-state index in [1.807, 2.05) is 48.8 Å². The summed E-state index contributed by atoms with van der Waals surface area (Å²) in [5.41, 5.74) is 3.02. The lowest BCUT2D eigenvalue weighted by Crippen LogP contribution is -2.05. The summed E-state index contributed by atoms with van der Waals surface area (Å²) >= 11 is 0. The smallest absolute Gasteiger partial charge is 0.118 e. The van der Waals surface area contributed by atoms with Crippen molar-refractivity contribution in [2.75, 3.05) is 7.11 Å². The number of ether oxygens (including phenoxy) is 1. The molecule has 0 aliphatic rings. The highest BCUT2D eigenvalue weighted by atomic mass is 16.5. The number of hydrogen-bond donors (Lipinski definition) is 0. The fourth-order valence-electron chi connectivity index (χ4n) is 2.46. The van der Waals surface area contributed by atoms with E-state index in [-0.39, 0.29) is 0 Å². The van der Waals surface area contributed by atoms with Crippen LogP contribution in [0.5, 0.6) is 5.75 Å². The second-order valence-electron chi connectivity index (χ2n) is 5.30. The Hall–Kier alpha value is -3.06. The summed E-state index contributed by atoms with van der Waals surface area (Å²) in [5.74, 6) is 1.87. The Morgan fingerprint density at radius 1 is 1.04 bits per heavy atom. The largest absolute Gasteiger partial charge is 0.497 e. The lowest BCUT2D eigenvalue weighted by Gasteiger charge is -2.09. The zero-order chi connectivity index (χ0) is 16.1. The zero-order valence-corrected chi connectivity index (χ0v) is 12.9. The Balaban J connectivity index is 1.74. The standard InChI is InChI=1S/C19H17N3O/c1-23-18-8-6-15(7-9-18)12-19-21-10-11-22(19)14-17-4-2-16(13-20)3-5-17/h2-11H,12,14H2,1H3. The normalized spacial score (nSPS) is 10.3. The van der Waals surface area contributed by atoms with E-state index >= 15 is 0 Å². The van der Waals surface area contributed by atoms with Gasteiger partial charge in [-0.2, -0.15) is 5.26 Å². The molecule has 0 spiro atoms. The molecule has 4 nitrogen and oxygen atoms in total. The summed E-state index contributed by atoms with van der Waals surface area (Å²) in [5, 5.41) is 8.86. The molecule has 3 rings (SSSR count). The molecule has 4 heteroatoms. The van der Waals surface area contributed by atoms with Crippen molar-refractivity contribution < 1.29 is 4.74 Å². The number of benzene rings is 2. The van der Waals surface area contributed by atoms with Gasteiger partial charge in [-0.15, -0.1) is 0 Å². The van der Waals surface area contributed by atoms with Crippen LogP contribution in [0, 0.1) is 11.3 Å². The van der Waals surface area contributed by atoms with Gasteiger partial charge >= 0.3 is 0 Å². The van der Waals surface area contributed by atoms with Crippen LogP contribution in [0.3, 0.4) is 0 Å². The highest BCUT2D eigenvalue weighted by Gasteiger charge is 2.05. The van der Waals surface area contributed by atoms with Crippen LogP contribution >= 0.6 is 0 Å². The van der Waals surface area contributed by atoms with Gasteiger partial charge in [-0.3, -0.25) is 0 Å². The Labute approximate surface area is 135 Å². The van der Waals surface area contributed by atoms with E-state index in [1.165, 1.54) is 5.56 Å². The second kappa shape index (κ2) is 6.80. The number of nitrogens with zero attached hydrogens (tertiary/aromatic N) is 3. The highest BCUT2D eigenvalue weighted by molar-refractivity contribution is 5.32. The van der Waals surface area contributed by atoms with Crippen molar-refractivity contribution in [2.24, 2.45) is 0 Å². The van der Waals surface area contributed by atoms with E-state index in [2.05, 4.69) is 27.8 Å². The van der Waals surface area contributed by atoms with Crippen molar-refractivity contribution in [1.29, 1.82) is 5.26 Å². The van der Waals surface area contributed by atoms with E-state index in [4.69, 9.17) is 10.00 Å². The minimum Gasteiger partial charge on any atom is -0.497 e. The molecule has 3 aromatic rings. The molecule has 0 aliphatic heterocycles. The lowest BCUT2D eigenvalue weighted by atomic mass is 10.1. The molecule has 0 N–H and O–H groups in total. The first-order valence-electron chi connectivity index (χ1n) is 7.40. The van der Waals surface area contributed by atoms with Gasteiger partial charge in [0.2, 0.25) is 0 Å². The second-order valence-corrected chi connectivity index (χ2v) is 5.30. The highest BCUT2D eigenvalue weighted by Crippen LogP contribution is 2.15. The Morgan fingerprint density at radius 2 is 1.74 bits per heavy atom. The number of aromatic nitrogens is 2. The molecule has 0 saturated heterocycles. The van der Waals surface area contributed by atoms with E-state index < -0.39 is 0 Å². The van der Waals surface area contributed by atoms with E-state index in [9.17, 15) is 0 Å². The third-order valence-electron chi connectivity index (χ3n) is 3.76. The maximum atomic E-state index is 8.86. The molecule has 23 heavy (non-hydrogen) atoms. The molecule has 1 aromatic heterocycles. The van der Waals surface area contributed by atoms with Gasteiger partial charge in [0.05, 0.1) is 18.7 Å². The molecule has 0 saturated carbocycles. The minimum atomic E-state index is 0.679. The van der Waals surface area contributed by atoms with E-state index in [0.717, 1.165) is 30.1 Å². The van der Waals surface area contributed by atoms with Gasteiger partial charge in [0.1, 0.15) is 11.6 Å². The SMILES string of the molecule is COc1ccc(Cc2nccn2Cc2ccc(C#N)cc2)cc1. The van der Waals surface area contributed by atoms with Crippen LogP contribution in [0.2, 0.25) is 0 Å². The van der Waals surface area contributed by atoms with Gasteiger partial charge < -0.3 is 9.30 Å². The monoisotopic (exact) mass is 303 g/mol. The Bertz CT molecular complexity index is 811. The van der Waals surface area contributed by atoms with Crippen molar-refractivity contribution in [3.8, 4) is 11.8 Å². The lowest BCUT2D eigenvalue weighted by molar-refractivity contribution is 0.414. The van der Waals surface area contributed by atoms with Gasteiger partial charge in [0.15, 0.2) is 0 Å². The average Bonchev–Trinajstić information content (AvgIpc) is 3.03. The Morgan fingerprint density at radius 3 is 2.39 bits per heavy atom. The molecule has 0 aliphatic carbocycles. The van der Waals surface area contributed by atoms with Gasteiger partial charge in [0.25, 0.3) is 0 Å². The fourth-order valence-corrected chi connectivity index (χ4v) is 2.46. The number of nitriles is 1. The molecule has 114 valence electrons. The molecular formula is C19H17N3O. The Kier molecular flexibility index (Phi) is 4.39. The summed E-state index contributed by atoms with van der Waals surface area (Å²) in [7, 11) is 1.67. The van der Waals surface area contributed by atoms with Crippen molar-refractivity contribution in [3.05, 3.63) is 83.4 Å². The van der Waals surface area contributed by atoms with Crippen molar-refractivity contribution in [3.63, 3.8) is 0 Å². The number of hydrogen-bond acceptors (Lipinski definition) is 3. The van der Waals surface area contributed by atoms with Crippen LogP contribution in [0.1, 0.15) is 22.5 Å². The number of imidazole rings is 1. The van der Waals surface area contributed by atoms with Crippen LogP contribution in [-0.2, 0) is 13.0 Å². The van der Waals surface area contributed by atoms with Gasteiger partial charge in [-0.25, -0.2) is 4.98 Å². The van der Waals surface area contributed by atoms with Crippen LogP contribution in [0.15, 0.2) is 60.9 Å². The van der Waals surface area contributed by atoms with Crippen molar-refractivity contribution >= 4 is 0 Å². The number of rotatable bonds is 5. The van der Waals surface area contributed by atoms with Gasteiger partial charge in [-0.05, 0) is 35.4 Å². The first-order chi connectivity index (χ1) is 11.3. The van der Waals surface area contributed by atoms with Crippen molar-refractivity contribution in [1.82, 2.24) is 9.55 Å². The first kappa shape index (κ1) is 14.9. The zero-order valence-electron chi connectivity index (χ0n) is 12.9. The maximum absolute atomic E-state index is 8.86. The maximum Gasteiger partial charge on any atom is 0.118 e. The summed E-state index contributed by atoms with van der Waals surface area (Å²) in [6.07, 6.45) is 4.58. The summed E-state index contributed by atoms with van der Waals surface area (Å²) in [4.78, 5) is 4.46. The third-order valence-corrected chi connectivity index (χ3v) is 3.76. The summed E-state index contributed by atoms with van der Waals surface area (Å²) in [6.45, 7) is 0.747. The average molecular weight is 303 g/mol. The minimum absolute atomic E-state index is 0.679. The molecule has 0 unspecified atom stereocenters. The molecule has 1 heterocycles. The fraction of sp³-hybridized carbons (Fsp3) is 0.158. The predicted octanol–water partition coefficient (Wildman–Crippen LogP) is 3.40. The molecule has 0 atom stereocenters. The van der Waals surface area contributed by atoms with Crippen LogP contribution < -0.4 is 4.74 Å². The van der Waals surface area contributed by atoms with Crippen LogP contribution in [0.4, 0.5) is 0 Å². The first-order valence-corrected chi connectivity index (χ1v) is 7.40. The molecule has 2 aromatic carbocycles. The third kappa shape index (κ3) is 3.58. The van der Waals surface area contributed by atoms with Gasteiger partial charge in [-0.1, -0.05) is 24.3 Å². The van der Waals surface area contributed by atoms with E-state index in [0.29, 0.717) is 5.56 Å². The number of methoxy groups -OCH3 is 1. The van der Waals surface area contributed by atoms with E-state index in [1.54, 1.807) is 7.11 Å². The summed E-state index contributed by atoms with van der Waals surface area (Å²) < 4.78 is 7.31. The predicted molar refractivity (Wildman–Crippen MR) is 88.3 cm³/mol. The van der Waals surface area contributed by atoms with Crippen LogP contribution in [0.25, 0.3) is 0 Å². The van der Waals surface area contributed by atoms with Crippen LogP contribution in [-0.4, -0.2) is 16.7 Å². The molecule has 0 radical (unpaired) electrons.